The van der Waals surface area contributed by atoms with Crippen LogP contribution in [0.4, 0.5) is 0 Å². The van der Waals surface area contributed by atoms with Gasteiger partial charge in [-0.3, -0.25) is 19.2 Å². The van der Waals surface area contributed by atoms with Crippen LogP contribution in [0.5, 0.6) is 5.75 Å². The van der Waals surface area contributed by atoms with Gasteiger partial charge in [-0.15, -0.1) is 0 Å². The van der Waals surface area contributed by atoms with Crippen LogP contribution in [0.1, 0.15) is 38.7 Å². The van der Waals surface area contributed by atoms with Crippen LogP contribution in [0.3, 0.4) is 0 Å². The average molecular weight is 541 g/mol. The molecule has 1 rings (SSSR count). The molecule has 0 aliphatic rings. The van der Waals surface area contributed by atoms with Gasteiger partial charge in [0, 0.05) is 6.42 Å². The fraction of sp³-hybridized carbons (Fsp3) is 0.542. The Hall–Kier alpha value is -3.32. The summed E-state index contributed by atoms with van der Waals surface area (Å²) in [6.07, 6.45) is 1.76. The normalized spacial score (nSPS) is 14.9. The van der Waals surface area contributed by atoms with Crippen molar-refractivity contribution in [1.29, 1.82) is 0 Å². The Balaban J connectivity index is 3.17. The number of nitrogens with two attached hydrogens (primary N) is 1. The Labute approximate surface area is 219 Å². The van der Waals surface area contributed by atoms with E-state index in [1.54, 1.807) is 13.8 Å². The number of carboxylic acids is 2. The quantitative estimate of drug-likeness (QED) is 0.150. The molecule has 0 spiro atoms. The van der Waals surface area contributed by atoms with Crippen molar-refractivity contribution in [3.63, 3.8) is 0 Å². The fourth-order valence-corrected chi connectivity index (χ4v) is 3.81. The minimum absolute atomic E-state index is 0.0152. The zero-order valence-electron chi connectivity index (χ0n) is 21.1. The lowest BCUT2D eigenvalue weighted by Gasteiger charge is -2.26. The van der Waals surface area contributed by atoms with Gasteiger partial charge in [0.25, 0.3) is 0 Å². The van der Waals surface area contributed by atoms with Crippen LogP contribution in [0.15, 0.2) is 24.3 Å². The number of amides is 3. The molecule has 0 aliphatic carbocycles. The minimum atomic E-state index is -1.52. The summed E-state index contributed by atoms with van der Waals surface area (Å²) in [6.45, 7) is 3.43. The van der Waals surface area contributed by atoms with E-state index in [1.807, 2.05) is 6.26 Å². The minimum Gasteiger partial charge on any atom is -0.508 e. The molecule has 12 nitrogen and oxygen atoms in total. The zero-order chi connectivity index (χ0) is 28.1. The van der Waals surface area contributed by atoms with Gasteiger partial charge in [-0.1, -0.05) is 32.4 Å². The summed E-state index contributed by atoms with van der Waals surface area (Å²) in [4.78, 5) is 61.7. The van der Waals surface area contributed by atoms with E-state index in [9.17, 15) is 39.3 Å². The second-order valence-electron chi connectivity index (χ2n) is 8.69. The number of thioether (sulfide) groups is 1. The number of aromatic hydroxyl groups is 1. The highest BCUT2D eigenvalue weighted by atomic mass is 32.2. The van der Waals surface area contributed by atoms with Crippen LogP contribution < -0.4 is 21.7 Å². The van der Waals surface area contributed by atoms with Gasteiger partial charge in [0.15, 0.2) is 0 Å². The molecule has 5 atom stereocenters. The van der Waals surface area contributed by atoms with E-state index in [0.29, 0.717) is 24.2 Å². The number of carboxylic acid groups (broad SMARTS) is 2. The predicted molar refractivity (Wildman–Crippen MR) is 138 cm³/mol. The summed E-state index contributed by atoms with van der Waals surface area (Å²) < 4.78 is 0. The molecule has 0 bridgehead atoms. The number of carbonyl (C=O) groups excluding carboxylic acids is 3. The molecular formula is C24H36N4O8S. The first-order valence-corrected chi connectivity index (χ1v) is 13.2. The highest BCUT2D eigenvalue weighted by molar-refractivity contribution is 7.98. The van der Waals surface area contributed by atoms with Gasteiger partial charge in [0.05, 0.1) is 12.5 Å². The molecule has 0 saturated carbocycles. The molecule has 0 aliphatic heterocycles. The van der Waals surface area contributed by atoms with E-state index in [4.69, 9.17) is 5.73 Å². The summed E-state index contributed by atoms with van der Waals surface area (Å²) in [5.74, 6) is -4.90. The van der Waals surface area contributed by atoms with Gasteiger partial charge in [-0.25, -0.2) is 4.79 Å². The van der Waals surface area contributed by atoms with Gasteiger partial charge in [0.1, 0.15) is 23.9 Å². The number of benzene rings is 1. The SMILES string of the molecule is CCC(C)C(NC(=O)C(Cc1ccc(O)cc1)NC(=O)C(CC(=O)O)NC(=O)C(N)CCSC)C(=O)O. The van der Waals surface area contributed by atoms with Crippen molar-refractivity contribution in [3.8, 4) is 5.75 Å². The predicted octanol–water partition coefficient (Wildman–Crippen LogP) is 0.0749. The van der Waals surface area contributed by atoms with Crippen molar-refractivity contribution < 1.29 is 39.3 Å². The Morgan fingerprint density at radius 2 is 1.51 bits per heavy atom. The first kappa shape index (κ1) is 31.7. The summed E-state index contributed by atoms with van der Waals surface area (Å²) in [5, 5.41) is 35.6. The van der Waals surface area contributed by atoms with Crippen molar-refractivity contribution >= 4 is 41.4 Å². The standard InChI is InChI=1S/C24H36N4O8S/c1-4-13(2)20(24(35)36)28-23(34)17(11-14-5-7-15(29)8-6-14)27-22(33)18(12-19(30)31)26-21(32)16(25)9-10-37-3/h5-8,13,16-18,20,29H,4,9-12,25H2,1-3H3,(H,26,32)(H,27,33)(H,28,34)(H,30,31)(H,35,36). The van der Waals surface area contributed by atoms with Crippen molar-refractivity contribution in [1.82, 2.24) is 16.0 Å². The molecular weight excluding hydrogens is 504 g/mol. The lowest BCUT2D eigenvalue weighted by molar-refractivity contribution is -0.144. The first-order chi connectivity index (χ1) is 17.4. The van der Waals surface area contributed by atoms with E-state index in [1.165, 1.54) is 36.0 Å². The Morgan fingerprint density at radius 1 is 0.946 bits per heavy atom. The highest BCUT2D eigenvalue weighted by Crippen LogP contribution is 2.13. The van der Waals surface area contributed by atoms with Gasteiger partial charge in [-0.05, 0) is 42.0 Å². The van der Waals surface area contributed by atoms with Crippen molar-refractivity contribution in [3.05, 3.63) is 29.8 Å². The Morgan fingerprint density at radius 3 is 2.03 bits per heavy atom. The highest BCUT2D eigenvalue weighted by Gasteiger charge is 2.32. The number of rotatable bonds is 16. The number of hydrogen-bond donors (Lipinski definition) is 7. The van der Waals surface area contributed by atoms with Gasteiger partial charge >= 0.3 is 11.9 Å². The lowest BCUT2D eigenvalue weighted by Crippen LogP contribution is -2.58. The van der Waals surface area contributed by atoms with Crippen LogP contribution in [-0.2, 0) is 30.4 Å². The number of phenols is 1. The van der Waals surface area contributed by atoms with E-state index >= 15 is 0 Å². The van der Waals surface area contributed by atoms with Crippen molar-refractivity contribution in [2.75, 3.05) is 12.0 Å². The summed E-state index contributed by atoms with van der Waals surface area (Å²) >= 11 is 1.47. The molecule has 0 aromatic heterocycles. The average Bonchev–Trinajstić information content (AvgIpc) is 2.84. The van der Waals surface area contributed by atoms with Crippen molar-refractivity contribution in [2.24, 2.45) is 11.7 Å². The molecule has 1 aromatic rings. The summed E-state index contributed by atoms with van der Waals surface area (Å²) in [5.41, 5.74) is 6.36. The van der Waals surface area contributed by atoms with E-state index in [-0.39, 0.29) is 12.2 Å². The second kappa shape index (κ2) is 15.7. The maximum absolute atomic E-state index is 13.1. The largest absolute Gasteiger partial charge is 0.508 e. The van der Waals surface area contributed by atoms with Gasteiger partial charge in [-0.2, -0.15) is 11.8 Å². The van der Waals surface area contributed by atoms with Gasteiger partial charge < -0.3 is 37.0 Å². The molecule has 0 heterocycles. The van der Waals surface area contributed by atoms with Crippen molar-refractivity contribution in [2.45, 2.75) is 63.7 Å². The maximum atomic E-state index is 13.1. The van der Waals surface area contributed by atoms with E-state index in [2.05, 4.69) is 16.0 Å². The Bertz CT molecular complexity index is 943. The number of phenolic OH excluding ortho intramolecular Hbond substituents is 1. The number of aliphatic carboxylic acids is 2. The fourth-order valence-electron chi connectivity index (χ4n) is 3.32. The van der Waals surface area contributed by atoms with Gasteiger partial charge in [0.2, 0.25) is 17.7 Å². The second-order valence-corrected chi connectivity index (χ2v) is 9.67. The topological polar surface area (TPSA) is 208 Å². The molecule has 3 amide bonds. The third-order valence-corrected chi connectivity index (χ3v) is 6.41. The molecule has 1 aromatic carbocycles. The smallest absolute Gasteiger partial charge is 0.326 e. The van der Waals surface area contributed by atoms with Crippen LogP contribution >= 0.6 is 11.8 Å². The molecule has 5 unspecified atom stereocenters. The van der Waals surface area contributed by atoms with Crippen LogP contribution in [-0.4, -0.2) is 81.2 Å². The van der Waals surface area contributed by atoms with Crippen LogP contribution in [0.25, 0.3) is 0 Å². The molecule has 37 heavy (non-hydrogen) atoms. The molecule has 206 valence electrons. The van der Waals surface area contributed by atoms with E-state index < -0.39 is 66.2 Å². The molecule has 0 radical (unpaired) electrons. The lowest BCUT2D eigenvalue weighted by atomic mass is 9.98. The zero-order valence-corrected chi connectivity index (χ0v) is 21.9. The summed E-state index contributed by atoms with van der Waals surface area (Å²) in [7, 11) is 0. The third-order valence-electron chi connectivity index (χ3n) is 5.77. The number of hydrogen-bond acceptors (Lipinski definition) is 8. The molecule has 0 fully saturated rings. The first-order valence-electron chi connectivity index (χ1n) is 11.8. The summed E-state index contributed by atoms with van der Waals surface area (Å²) in [6, 6.07) is 0.800. The Kier molecular flexibility index (Phi) is 13.5. The maximum Gasteiger partial charge on any atom is 0.326 e. The molecule has 13 heteroatoms. The van der Waals surface area contributed by atoms with Crippen LogP contribution in [0, 0.1) is 5.92 Å². The monoisotopic (exact) mass is 540 g/mol. The van der Waals surface area contributed by atoms with E-state index in [0.717, 1.165) is 0 Å². The molecule has 8 N–H and O–H groups in total. The third kappa shape index (κ3) is 11.1. The number of carbonyl (C=O) groups is 5. The number of nitrogens with one attached hydrogen (secondary N) is 3. The van der Waals surface area contributed by atoms with Crippen LogP contribution in [0.2, 0.25) is 0 Å². The molecule has 0 saturated heterocycles.